The van der Waals surface area contributed by atoms with Crippen LogP contribution in [0.25, 0.3) is 0 Å². The lowest BCUT2D eigenvalue weighted by atomic mass is 10.1. The van der Waals surface area contributed by atoms with Gasteiger partial charge in [0.25, 0.3) is 0 Å². The summed E-state index contributed by atoms with van der Waals surface area (Å²) in [5.74, 6) is 1.34. The Kier molecular flexibility index (Phi) is 11.0. The van der Waals surface area contributed by atoms with Crippen molar-refractivity contribution in [2.75, 3.05) is 32.7 Å². The van der Waals surface area contributed by atoms with Crippen molar-refractivity contribution in [3.63, 3.8) is 0 Å². The summed E-state index contributed by atoms with van der Waals surface area (Å²) in [6.45, 7) is 5.90. The number of aliphatic imine (C=N–C) groups is 1. The van der Waals surface area contributed by atoms with E-state index >= 15 is 0 Å². The Morgan fingerprint density at radius 3 is 2.70 bits per heavy atom. The second-order valence-corrected chi connectivity index (χ2v) is 9.05. The smallest absolute Gasteiger partial charge is 0.223 e. The molecule has 1 fully saturated rings. The van der Waals surface area contributed by atoms with E-state index in [9.17, 15) is 4.79 Å². The standard InChI is InChI=1S/C22H29ClN4OS.HI/c1-2-24-22(25-12-10-19-8-9-20(23)29-19)26-15-18-14-21(28)27(16-18)13-11-17-6-4-3-5-7-17;/h3-9,18H,2,10-16H2,1H3,(H2,24,25,26);1H. The third-order valence-corrected chi connectivity index (χ3v) is 6.24. The van der Waals surface area contributed by atoms with Crippen molar-refractivity contribution in [1.82, 2.24) is 15.5 Å². The van der Waals surface area contributed by atoms with Gasteiger partial charge in [-0.2, -0.15) is 0 Å². The van der Waals surface area contributed by atoms with Crippen molar-refractivity contribution < 1.29 is 4.79 Å². The number of rotatable bonds is 9. The van der Waals surface area contributed by atoms with Gasteiger partial charge in [-0.15, -0.1) is 35.3 Å². The lowest BCUT2D eigenvalue weighted by Gasteiger charge is -2.16. The van der Waals surface area contributed by atoms with E-state index in [1.54, 1.807) is 11.3 Å². The summed E-state index contributed by atoms with van der Waals surface area (Å²) >= 11 is 7.60. The van der Waals surface area contributed by atoms with Gasteiger partial charge < -0.3 is 15.5 Å². The largest absolute Gasteiger partial charge is 0.357 e. The predicted molar refractivity (Wildman–Crippen MR) is 137 cm³/mol. The van der Waals surface area contributed by atoms with Crippen LogP contribution in [0.3, 0.4) is 0 Å². The Labute approximate surface area is 205 Å². The highest BCUT2D eigenvalue weighted by Gasteiger charge is 2.28. The summed E-state index contributed by atoms with van der Waals surface area (Å²) < 4.78 is 0.822. The molecule has 1 atom stereocenters. The van der Waals surface area contributed by atoms with Gasteiger partial charge in [-0.05, 0) is 37.5 Å². The second-order valence-electron chi connectivity index (χ2n) is 7.25. The molecule has 1 aromatic heterocycles. The molecule has 164 valence electrons. The van der Waals surface area contributed by atoms with Crippen LogP contribution in [0.4, 0.5) is 0 Å². The molecule has 1 amide bonds. The number of likely N-dealkylation sites (tertiary alicyclic amines) is 1. The molecule has 5 nitrogen and oxygen atoms in total. The van der Waals surface area contributed by atoms with E-state index in [1.165, 1.54) is 10.4 Å². The summed E-state index contributed by atoms with van der Waals surface area (Å²) in [6.07, 6.45) is 2.40. The van der Waals surface area contributed by atoms with E-state index in [2.05, 4.69) is 35.8 Å². The van der Waals surface area contributed by atoms with Crippen LogP contribution in [-0.4, -0.2) is 49.5 Å². The number of carbonyl (C=O) groups is 1. The monoisotopic (exact) mass is 560 g/mol. The first-order valence-electron chi connectivity index (χ1n) is 10.2. The van der Waals surface area contributed by atoms with Crippen molar-refractivity contribution in [1.29, 1.82) is 0 Å². The normalized spacial score (nSPS) is 16.5. The molecule has 8 heteroatoms. The summed E-state index contributed by atoms with van der Waals surface area (Å²) in [4.78, 5) is 20.3. The zero-order valence-electron chi connectivity index (χ0n) is 17.3. The minimum absolute atomic E-state index is 0. The molecule has 0 bridgehead atoms. The first kappa shape index (κ1) is 24.9. The SMILES string of the molecule is CCNC(=NCC1CC(=O)N(CCc2ccccc2)C1)NCCc1ccc(Cl)s1.I. The molecule has 0 spiro atoms. The number of guanidine groups is 1. The average Bonchev–Trinajstić information content (AvgIpc) is 3.30. The molecule has 30 heavy (non-hydrogen) atoms. The number of nitrogens with one attached hydrogen (secondary N) is 2. The molecule has 0 saturated carbocycles. The quantitative estimate of drug-likeness (QED) is 0.275. The molecule has 1 aromatic carbocycles. The molecule has 1 unspecified atom stereocenters. The van der Waals surface area contributed by atoms with Gasteiger partial charge in [0.15, 0.2) is 5.96 Å². The molecular formula is C22H30ClIN4OS. The molecule has 2 N–H and O–H groups in total. The van der Waals surface area contributed by atoms with Crippen molar-refractivity contribution in [3.8, 4) is 0 Å². The minimum atomic E-state index is 0. The van der Waals surface area contributed by atoms with E-state index in [1.807, 2.05) is 29.2 Å². The maximum atomic E-state index is 12.3. The molecular weight excluding hydrogens is 531 g/mol. The number of hydrogen-bond acceptors (Lipinski definition) is 3. The maximum Gasteiger partial charge on any atom is 0.223 e. The number of halogens is 2. The highest BCUT2D eigenvalue weighted by atomic mass is 127. The van der Waals surface area contributed by atoms with Gasteiger partial charge in [-0.25, -0.2) is 0 Å². The minimum Gasteiger partial charge on any atom is -0.357 e. The fourth-order valence-electron chi connectivity index (χ4n) is 3.45. The van der Waals surface area contributed by atoms with Gasteiger partial charge in [0.05, 0.1) is 4.34 Å². The maximum absolute atomic E-state index is 12.3. The topological polar surface area (TPSA) is 56.7 Å². The van der Waals surface area contributed by atoms with Crippen molar-refractivity contribution >= 4 is 58.8 Å². The van der Waals surface area contributed by atoms with Crippen molar-refractivity contribution in [2.45, 2.75) is 26.2 Å². The highest BCUT2D eigenvalue weighted by Crippen LogP contribution is 2.21. The van der Waals surface area contributed by atoms with Gasteiger partial charge in [-0.1, -0.05) is 41.9 Å². The van der Waals surface area contributed by atoms with Crippen molar-refractivity contribution in [3.05, 3.63) is 57.2 Å². The number of carbonyl (C=O) groups excluding carboxylic acids is 1. The van der Waals surface area contributed by atoms with Gasteiger partial charge >= 0.3 is 0 Å². The zero-order valence-corrected chi connectivity index (χ0v) is 21.2. The fourth-order valence-corrected chi connectivity index (χ4v) is 4.54. The molecule has 2 heterocycles. The number of amides is 1. The molecule has 1 aliphatic rings. The van der Waals surface area contributed by atoms with E-state index in [-0.39, 0.29) is 35.8 Å². The number of thiophene rings is 1. The number of hydrogen-bond donors (Lipinski definition) is 2. The molecule has 3 rings (SSSR count). The molecule has 0 aliphatic carbocycles. The van der Waals surface area contributed by atoms with Crippen LogP contribution in [0.2, 0.25) is 4.34 Å². The third-order valence-electron chi connectivity index (χ3n) is 4.95. The first-order valence-corrected chi connectivity index (χ1v) is 11.4. The summed E-state index contributed by atoms with van der Waals surface area (Å²) in [5, 5.41) is 6.66. The second kappa shape index (κ2) is 13.2. The average molecular weight is 561 g/mol. The molecule has 1 saturated heterocycles. The van der Waals surface area contributed by atoms with E-state index in [4.69, 9.17) is 16.6 Å². The summed E-state index contributed by atoms with van der Waals surface area (Å²) in [6, 6.07) is 14.3. The predicted octanol–water partition coefficient (Wildman–Crippen LogP) is 4.21. The van der Waals surface area contributed by atoms with Crippen LogP contribution >= 0.6 is 46.9 Å². The molecule has 0 radical (unpaired) electrons. The fraction of sp³-hybridized carbons (Fsp3) is 0.455. The van der Waals surface area contributed by atoms with Crippen LogP contribution in [0, 0.1) is 5.92 Å². The number of benzene rings is 1. The van der Waals surface area contributed by atoms with Gasteiger partial charge in [0, 0.05) is 49.9 Å². The van der Waals surface area contributed by atoms with Crippen LogP contribution in [0.15, 0.2) is 47.5 Å². The van der Waals surface area contributed by atoms with E-state index in [0.717, 1.165) is 49.3 Å². The van der Waals surface area contributed by atoms with Crippen LogP contribution < -0.4 is 10.6 Å². The molecule has 2 aromatic rings. The summed E-state index contributed by atoms with van der Waals surface area (Å²) in [5.41, 5.74) is 1.27. The van der Waals surface area contributed by atoms with Gasteiger partial charge in [-0.3, -0.25) is 9.79 Å². The Morgan fingerprint density at radius 2 is 2.00 bits per heavy atom. The van der Waals surface area contributed by atoms with E-state index in [0.29, 0.717) is 13.0 Å². The van der Waals surface area contributed by atoms with Gasteiger partial charge in [0.2, 0.25) is 5.91 Å². The summed E-state index contributed by atoms with van der Waals surface area (Å²) in [7, 11) is 0. The first-order chi connectivity index (χ1) is 14.1. The highest BCUT2D eigenvalue weighted by molar-refractivity contribution is 14.0. The van der Waals surface area contributed by atoms with E-state index < -0.39 is 0 Å². The van der Waals surface area contributed by atoms with Crippen LogP contribution in [0.5, 0.6) is 0 Å². The lowest BCUT2D eigenvalue weighted by molar-refractivity contribution is -0.127. The van der Waals surface area contributed by atoms with Crippen LogP contribution in [0.1, 0.15) is 23.8 Å². The number of nitrogens with zero attached hydrogens (tertiary/aromatic N) is 2. The third kappa shape index (κ3) is 8.07. The zero-order chi connectivity index (χ0) is 20.5. The Morgan fingerprint density at radius 1 is 1.20 bits per heavy atom. The Hall–Kier alpha value is -1.32. The van der Waals surface area contributed by atoms with Crippen molar-refractivity contribution in [2.24, 2.45) is 10.9 Å². The Bertz CT molecular complexity index is 814. The van der Waals surface area contributed by atoms with Crippen LogP contribution in [-0.2, 0) is 17.6 Å². The molecule has 1 aliphatic heterocycles. The Balaban J connectivity index is 0.00000320. The lowest BCUT2D eigenvalue weighted by Crippen LogP contribution is -2.38. The van der Waals surface area contributed by atoms with Gasteiger partial charge in [0.1, 0.15) is 0 Å².